The topological polar surface area (TPSA) is 117 Å². The minimum absolute atomic E-state index is 0.138. The highest BCUT2D eigenvalue weighted by molar-refractivity contribution is 8.00. The van der Waals surface area contributed by atoms with Gasteiger partial charge in [-0.25, -0.2) is 0 Å². The first-order valence-electron chi connectivity index (χ1n) is 8.30. The normalized spacial score (nSPS) is 11.4. The molecule has 0 bridgehead atoms. The molecule has 0 saturated carbocycles. The van der Waals surface area contributed by atoms with Crippen molar-refractivity contribution in [1.29, 1.82) is 0 Å². The number of amides is 1. The van der Waals surface area contributed by atoms with Crippen LogP contribution in [0.3, 0.4) is 0 Å². The Labute approximate surface area is 170 Å². The van der Waals surface area contributed by atoms with Crippen LogP contribution in [0.15, 0.2) is 53.0 Å². The van der Waals surface area contributed by atoms with Gasteiger partial charge < -0.3 is 14.5 Å². The highest BCUT2D eigenvalue weighted by atomic mass is 32.2. The van der Waals surface area contributed by atoms with Gasteiger partial charge in [0.2, 0.25) is 5.91 Å². The maximum atomic E-state index is 12.1. The lowest BCUT2D eigenvalue weighted by atomic mass is 10.3. The minimum atomic E-state index is -3.73. The fourth-order valence-corrected chi connectivity index (χ4v) is 5.28. The number of thioether (sulfide) groups is 1. The number of hydrogen-bond donors (Lipinski definition) is 1. The fourth-order valence-electron chi connectivity index (χ4n) is 2.31. The van der Waals surface area contributed by atoms with Crippen LogP contribution in [0.25, 0.3) is 10.7 Å². The van der Waals surface area contributed by atoms with E-state index in [-0.39, 0.29) is 23.7 Å². The first-order valence-corrected chi connectivity index (χ1v) is 11.7. The van der Waals surface area contributed by atoms with Gasteiger partial charge in [0, 0.05) is 18.7 Å². The summed E-state index contributed by atoms with van der Waals surface area (Å²) in [4.78, 5) is 12.1. The van der Waals surface area contributed by atoms with Crippen molar-refractivity contribution in [2.45, 2.75) is 18.1 Å². The van der Waals surface area contributed by atoms with Gasteiger partial charge in [0.15, 0.2) is 11.0 Å². The van der Waals surface area contributed by atoms with Crippen LogP contribution in [0.4, 0.5) is 0 Å². The van der Waals surface area contributed by atoms with E-state index in [1.165, 1.54) is 23.1 Å². The molecule has 3 aromatic rings. The van der Waals surface area contributed by atoms with Crippen LogP contribution < -0.4 is 9.92 Å². The lowest BCUT2D eigenvalue weighted by molar-refractivity contribution is -0.118. The van der Waals surface area contributed by atoms with Gasteiger partial charge in [-0.15, -0.1) is 21.5 Å². The van der Waals surface area contributed by atoms with Gasteiger partial charge in [-0.1, -0.05) is 36.0 Å². The SMILES string of the molecule is NC(=O)CCn1c(SCCS(=O)(=O)Oc2ccccc2)nnc1-c1cccs1. The monoisotopic (exact) mass is 438 g/mol. The Morgan fingerprint density at radius 3 is 2.64 bits per heavy atom. The van der Waals surface area contributed by atoms with E-state index in [1.54, 1.807) is 34.9 Å². The van der Waals surface area contributed by atoms with E-state index in [0.29, 0.717) is 17.5 Å². The molecule has 0 atom stereocenters. The number of thiophene rings is 1. The largest absolute Gasteiger partial charge is 0.382 e. The van der Waals surface area contributed by atoms with Gasteiger partial charge >= 0.3 is 10.1 Å². The highest BCUT2D eigenvalue weighted by Gasteiger charge is 2.18. The van der Waals surface area contributed by atoms with Gasteiger partial charge in [0.25, 0.3) is 0 Å². The van der Waals surface area contributed by atoms with Crippen LogP contribution in [0.1, 0.15) is 6.42 Å². The molecule has 0 radical (unpaired) electrons. The number of hydrogen-bond acceptors (Lipinski definition) is 8. The van der Waals surface area contributed by atoms with Gasteiger partial charge in [-0.3, -0.25) is 4.79 Å². The summed E-state index contributed by atoms with van der Waals surface area (Å²) in [7, 11) is -3.73. The summed E-state index contributed by atoms with van der Waals surface area (Å²) in [5.74, 6) is 0.512. The molecule has 0 saturated heterocycles. The van der Waals surface area contributed by atoms with Crippen LogP contribution in [0, 0.1) is 0 Å². The van der Waals surface area contributed by atoms with E-state index in [0.717, 1.165) is 4.88 Å². The maximum Gasteiger partial charge on any atom is 0.310 e. The number of nitrogens with zero attached hydrogens (tertiary/aromatic N) is 3. The van der Waals surface area contributed by atoms with E-state index in [1.807, 2.05) is 17.5 Å². The summed E-state index contributed by atoms with van der Waals surface area (Å²) in [5.41, 5.74) is 5.27. The van der Waals surface area contributed by atoms with Crippen LogP contribution >= 0.6 is 23.1 Å². The second kappa shape index (κ2) is 9.22. The van der Waals surface area contributed by atoms with Gasteiger partial charge in [0.05, 0.1) is 10.6 Å². The van der Waals surface area contributed by atoms with E-state index >= 15 is 0 Å². The summed E-state index contributed by atoms with van der Waals surface area (Å²) in [6, 6.07) is 12.1. The van der Waals surface area contributed by atoms with Gasteiger partial charge in [0.1, 0.15) is 5.75 Å². The molecule has 0 unspecified atom stereocenters. The molecule has 2 heterocycles. The molecule has 148 valence electrons. The Balaban J connectivity index is 1.67. The van der Waals surface area contributed by atoms with Crippen molar-refractivity contribution in [3.8, 4) is 16.5 Å². The van der Waals surface area contributed by atoms with Crippen molar-refractivity contribution in [1.82, 2.24) is 14.8 Å². The predicted molar refractivity (Wildman–Crippen MR) is 109 cm³/mol. The molecule has 0 aliphatic rings. The number of para-hydroxylation sites is 1. The van der Waals surface area contributed by atoms with Crippen LogP contribution in [0.5, 0.6) is 5.75 Å². The summed E-state index contributed by atoms with van der Waals surface area (Å²) >= 11 is 2.74. The maximum absolute atomic E-state index is 12.1. The zero-order chi connectivity index (χ0) is 20.0. The predicted octanol–water partition coefficient (Wildman–Crippen LogP) is 2.38. The summed E-state index contributed by atoms with van der Waals surface area (Å²) in [6.45, 7) is 0.325. The Hall–Kier alpha value is -2.37. The summed E-state index contributed by atoms with van der Waals surface area (Å²) < 4.78 is 31.1. The third-order valence-electron chi connectivity index (χ3n) is 3.57. The van der Waals surface area contributed by atoms with Crippen molar-refractivity contribution in [2.24, 2.45) is 5.73 Å². The molecule has 0 spiro atoms. The van der Waals surface area contributed by atoms with Crippen LogP contribution in [-0.2, 0) is 21.5 Å². The van der Waals surface area contributed by atoms with Crippen molar-refractivity contribution in [3.05, 3.63) is 47.8 Å². The van der Waals surface area contributed by atoms with Crippen LogP contribution in [-0.4, -0.2) is 40.6 Å². The molecule has 28 heavy (non-hydrogen) atoms. The molecule has 0 aliphatic heterocycles. The number of carbonyl (C=O) groups excluding carboxylic acids is 1. The van der Waals surface area contributed by atoms with Crippen molar-refractivity contribution >= 4 is 39.1 Å². The second-order valence-electron chi connectivity index (χ2n) is 5.66. The standard InChI is InChI=1S/C17H18N4O4S3/c18-15(22)8-9-21-16(14-7-4-10-26-14)19-20-17(21)27-11-12-28(23,24)25-13-5-2-1-3-6-13/h1-7,10H,8-9,11-12H2,(H2,18,22). The molecule has 2 aromatic heterocycles. The Morgan fingerprint density at radius 2 is 1.96 bits per heavy atom. The third kappa shape index (κ3) is 5.57. The molecule has 1 aromatic carbocycles. The molecule has 0 aliphatic carbocycles. The first-order chi connectivity index (χ1) is 13.4. The smallest absolute Gasteiger partial charge is 0.310 e. The number of nitrogens with two attached hydrogens (primary N) is 1. The molecule has 2 N–H and O–H groups in total. The highest BCUT2D eigenvalue weighted by Crippen LogP contribution is 2.27. The molecular formula is C17H18N4O4S3. The summed E-state index contributed by atoms with van der Waals surface area (Å²) in [5, 5.41) is 10.8. The lowest BCUT2D eigenvalue weighted by Gasteiger charge is -2.09. The quantitative estimate of drug-likeness (QED) is 0.381. The van der Waals surface area contributed by atoms with Gasteiger partial charge in [-0.05, 0) is 23.6 Å². The Kier molecular flexibility index (Phi) is 6.70. The second-order valence-corrected chi connectivity index (χ2v) is 9.36. The molecule has 8 nitrogen and oxygen atoms in total. The van der Waals surface area contributed by atoms with Crippen molar-refractivity contribution < 1.29 is 17.4 Å². The van der Waals surface area contributed by atoms with E-state index in [2.05, 4.69) is 10.2 Å². The van der Waals surface area contributed by atoms with E-state index < -0.39 is 16.0 Å². The van der Waals surface area contributed by atoms with Gasteiger partial charge in [-0.2, -0.15) is 8.42 Å². The Morgan fingerprint density at radius 1 is 1.18 bits per heavy atom. The average molecular weight is 439 g/mol. The number of aromatic nitrogens is 3. The average Bonchev–Trinajstić information content (AvgIpc) is 3.29. The number of rotatable bonds is 10. The minimum Gasteiger partial charge on any atom is -0.382 e. The van der Waals surface area contributed by atoms with E-state index in [9.17, 15) is 13.2 Å². The number of carbonyl (C=O) groups is 1. The summed E-state index contributed by atoms with van der Waals surface area (Å²) in [6.07, 6.45) is 0.138. The number of benzene rings is 1. The van der Waals surface area contributed by atoms with E-state index in [4.69, 9.17) is 9.92 Å². The molecule has 0 fully saturated rings. The zero-order valence-corrected chi connectivity index (χ0v) is 17.2. The third-order valence-corrected chi connectivity index (χ3v) is 6.81. The van der Waals surface area contributed by atoms with Crippen molar-refractivity contribution in [2.75, 3.05) is 11.5 Å². The van der Waals surface area contributed by atoms with Crippen LogP contribution in [0.2, 0.25) is 0 Å². The first kappa shape index (κ1) is 20.4. The molecule has 3 rings (SSSR count). The zero-order valence-electron chi connectivity index (χ0n) is 14.7. The fraction of sp³-hybridized carbons (Fsp3) is 0.235. The van der Waals surface area contributed by atoms with Crippen molar-refractivity contribution in [3.63, 3.8) is 0 Å². The number of primary amides is 1. The molecule has 11 heteroatoms. The lowest BCUT2D eigenvalue weighted by Crippen LogP contribution is -2.16. The molecule has 1 amide bonds. The molecular weight excluding hydrogens is 420 g/mol. The Bertz CT molecular complexity index is 1020.